The van der Waals surface area contributed by atoms with Crippen molar-refractivity contribution < 1.29 is 23.9 Å². The third-order valence-electron chi connectivity index (χ3n) is 7.71. The van der Waals surface area contributed by atoms with Crippen LogP contribution in [0.15, 0.2) is 60.8 Å². The van der Waals surface area contributed by atoms with Crippen LogP contribution in [0.2, 0.25) is 5.02 Å². The second kappa shape index (κ2) is 12.7. The number of amides is 3. The monoisotopic (exact) mass is 617 g/mol. The Morgan fingerprint density at radius 1 is 1.00 bits per heavy atom. The number of carbonyl (C=O) groups excluding carboxylic acids is 4. The minimum Gasteiger partial charge on any atom is -0.444 e. The number of fused-ring (bicyclic) bond motifs is 1. The van der Waals surface area contributed by atoms with Crippen molar-refractivity contribution in [1.82, 2.24) is 14.8 Å². The van der Waals surface area contributed by atoms with Crippen molar-refractivity contribution in [3.63, 3.8) is 0 Å². The molecular formula is C33H36ClN5O5. The molecular weight excluding hydrogens is 582 g/mol. The minimum absolute atomic E-state index is 0.0584. The van der Waals surface area contributed by atoms with Crippen molar-refractivity contribution in [2.75, 3.05) is 36.4 Å². The highest BCUT2D eigenvalue weighted by atomic mass is 35.5. The van der Waals surface area contributed by atoms with Gasteiger partial charge < -0.3 is 24.8 Å². The van der Waals surface area contributed by atoms with Gasteiger partial charge in [0, 0.05) is 55.3 Å². The number of hydrogen-bond acceptors (Lipinski definition) is 7. The molecule has 10 nitrogen and oxygen atoms in total. The van der Waals surface area contributed by atoms with Crippen molar-refractivity contribution in [1.29, 1.82) is 0 Å². The molecule has 3 amide bonds. The first kappa shape index (κ1) is 31.0. The summed E-state index contributed by atoms with van der Waals surface area (Å²) in [5, 5.41) is 3.31. The standard InChI is InChI=1S/C33H36ClN5O5/c1-21-28(40)18-24-17-25(34)9-11-27(24)31(42)39(21)20-22-5-7-23(8-6-22)30(41)36-29-12-10-26(19-35-29)37-13-15-38(16-14-37)32(43)44-33(2,3)4/h5-12,17,19,21H,13-16,18,20H2,1-4H3,(H,35,36,41)/t21-/m1/s1. The number of piperazine rings is 1. The van der Waals surface area contributed by atoms with Crippen molar-refractivity contribution >= 4 is 46.8 Å². The van der Waals surface area contributed by atoms with Gasteiger partial charge in [-0.15, -0.1) is 0 Å². The molecule has 2 aromatic carbocycles. The fourth-order valence-electron chi connectivity index (χ4n) is 5.23. The number of Topliss-reactive ketones (excluding diaryl/α,β-unsaturated/α-hetero) is 1. The number of aromatic nitrogens is 1. The summed E-state index contributed by atoms with van der Waals surface area (Å²) < 4.78 is 5.46. The number of benzene rings is 2. The largest absolute Gasteiger partial charge is 0.444 e. The molecule has 0 aliphatic carbocycles. The molecule has 3 heterocycles. The number of ether oxygens (including phenoxy) is 1. The van der Waals surface area contributed by atoms with E-state index in [1.54, 1.807) is 71.5 Å². The summed E-state index contributed by atoms with van der Waals surface area (Å²) in [7, 11) is 0. The zero-order valence-corrected chi connectivity index (χ0v) is 26.1. The maximum atomic E-state index is 13.3. The minimum atomic E-state index is -0.598. The van der Waals surface area contributed by atoms with E-state index in [2.05, 4.69) is 15.2 Å². The number of pyridine rings is 1. The molecule has 0 saturated carbocycles. The molecule has 230 valence electrons. The van der Waals surface area contributed by atoms with Gasteiger partial charge in [0.25, 0.3) is 11.8 Å². The molecule has 44 heavy (non-hydrogen) atoms. The predicted molar refractivity (Wildman–Crippen MR) is 168 cm³/mol. The maximum absolute atomic E-state index is 13.3. The molecule has 5 rings (SSSR count). The summed E-state index contributed by atoms with van der Waals surface area (Å²) in [5.74, 6) is -0.187. The highest BCUT2D eigenvalue weighted by Crippen LogP contribution is 2.26. The van der Waals surface area contributed by atoms with Crippen LogP contribution in [0, 0.1) is 0 Å². The Morgan fingerprint density at radius 3 is 2.34 bits per heavy atom. The third kappa shape index (κ3) is 7.19. The van der Waals surface area contributed by atoms with Crippen LogP contribution in [0.1, 0.15) is 59.5 Å². The summed E-state index contributed by atoms with van der Waals surface area (Å²) in [6, 6.07) is 15.0. The van der Waals surface area contributed by atoms with Crippen LogP contribution in [0.25, 0.3) is 0 Å². The van der Waals surface area contributed by atoms with Gasteiger partial charge in [0.15, 0.2) is 5.78 Å². The molecule has 1 N–H and O–H groups in total. The fourth-order valence-corrected chi connectivity index (χ4v) is 5.43. The van der Waals surface area contributed by atoms with Gasteiger partial charge in [0.05, 0.1) is 17.9 Å². The number of rotatable bonds is 5. The van der Waals surface area contributed by atoms with Gasteiger partial charge in [-0.05, 0) is 81.3 Å². The molecule has 0 radical (unpaired) electrons. The van der Waals surface area contributed by atoms with E-state index in [0.29, 0.717) is 53.7 Å². The molecule has 2 aliphatic rings. The molecule has 3 aromatic rings. The molecule has 0 spiro atoms. The molecule has 11 heteroatoms. The quantitative estimate of drug-likeness (QED) is 0.419. The number of nitrogens with zero attached hydrogens (tertiary/aromatic N) is 4. The SMILES string of the molecule is C[C@@H]1C(=O)Cc2cc(Cl)ccc2C(=O)N1Cc1ccc(C(=O)Nc2ccc(N3CCN(C(=O)OC(C)(C)C)CC3)cn2)cc1. The Balaban J connectivity index is 1.17. The zero-order chi connectivity index (χ0) is 31.6. The van der Waals surface area contributed by atoms with Crippen LogP contribution in [-0.2, 0) is 22.5 Å². The van der Waals surface area contributed by atoms with Gasteiger partial charge in [0.2, 0.25) is 0 Å². The van der Waals surface area contributed by atoms with Crippen molar-refractivity contribution in [2.45, 2.75) is 52.3 Å². The Labute approximate surface area is 261 Å². The number of carbonyl (C=O) groups is 4. The van der Waals surface area contributed by atoms with Gasteiger partial charge in [-0.1, -0.05) is 23.7 Å². The van der Waals surface area contributed by atoms with E-state index < -0.39 is 11.6 Å². The molecule has 1 fully saturated rings. The average molecular weight is 618 g/mol. The van der Waals surface area contributed by atoms with Crippen LogP contribution in [0.4, 0.5) is 16.3 Å². The first-order chi connectivity index (χ1) is 20.9. The second-order valence-electron chi connectivity index (χ2n) is 12.1. The molecule has 2 aliphatic heterocycles. The lowest BCUT2D eigenvalue weighted by Crippen LogP contribution is -2.50. The van der Waals surface area contributed by atoms with Crippen molar-refractivity contribution in [3.8, 4) is 0 Å². The van der Waals surface area contributed by atoms with E-state index in [-0.39, 0.29) is 36.7 Å². The van der Waals surface area contributed by atoms with Crippen LogP contribution < -0.4 is 10.2 Å². The first-order valence-corrected chi connectivity index (χ1v) is 15.0. The Bertz CT molecular complexity index is 1560. The fraction of sp³-hybridized carbons (Fsp3) is 0.364. The molecule has 1 aromatic heterocycles. The van der Waals surface area contributed by atoms with E-state index in [9.17, 15) is 19.2 Å². The Hall–Kier alpha value is -4.44. The number of halogens is 1. The van der Waals surface area contributed by atoms with E-state index >= 15 is 0 Å². The molecule has 1 saturated heterocycles. The second-order valence-corrected chi connectivity index (χ2v) is 12.5. The highest BCUT2D eigenvalue weighted by Gasteiger charge is 2.32. The van der Waals surface area contributed by atoms with E-state index in [4.69, 9.17) is 16.3 Å². The number of nitrogens with one attached hydrogen (secondary N) is 1. The normalized spacial score (nSPS) is 17.2. The highest BCUT2D eigenvalue weighted by molar-refractivity contribution is 6.30. The van der Waals surface area contributed by atoms with Crippen molar-refractivity contribution in [2.24, 2.45) is 0 Å². The lowest BCUT2D eigenvalue weighted by atomic mass is 10.0. The summed E-state index contributed by atoms with van der Waals surface area (Å²) >= 11 is 6.10. The summed E-state index contributed by atoms with van der Waals surface area (Å²) in [6.45, 7) is 9.91. The van der Waals surface area contributed by atoms with Crippen LogP contribution in [0.3, 0.4) is 0 Å². The summed E-state index contributed by atoms with van der Waals surface area (Å²) in [6.07, 6.45) is 1.55. The number of hydrogen-bond donors (Lipinski definition) is 1. The lowest BCUT2D eigenvalue weighted by molar-refractivity contribution is -0.122. The van der Waals surface area contributed by atoms with Crippen molar-refractivity contribution in [3.05, 3.63) is 88.1 Å². The number of ketones is 1. The van der Waals surface area contributed by atoms with Crippen LogP contribution in [0.5, 0.6) is 0 Å². The van der Waals surface area contributed by atoms with Gasteiger partial charge >= 0.3 is 6.09 Å². The molecule has 0 bridgehead atoms. The van der Waals surface area contributed by atoms with E-state index in [1.807, 2.05) is 26.8 Å². The number of anilines is 2. The molecule has 0 unspecified atom stereocenters. The molecule has 1 atom stereocenters. The first-order valence-electron chi connectivity index (χ1n) is 14.6. The van der Waals surface area contributed by atoms with Gasteiger partial charge in [-0.25, -0.2) is 9.78 Å². The van der Waals surface area contributed by atoms with Gasteiger partial charge in [-0.3, -0.25) is 14.4 Å². The Morgan fingerprint density at radius 2 is 1.70 bits per heavy atom. The summed E-state index contributed by atoms with van der Waals surface area (Å²) in [4.78, 5) is 61.2. The average Bonchev–Trinajstić information content (AvgIpc) is 3.07. The van der Waals surface area contributed by atoms with Gasteiger partial charge in [-0.2, -0.15) is 0 Å². The zero-order valence-electron chi connectivity index (χ0n) is 25.3. The van der Waals surface area contributed by atoms with E-state index in [0.717, 1.165) is 11.3 Å². The summed E-state index contributed by atoms with van der Waals surface area (Å²) in [5.41, 5.74) is 2.71. The smallest absolute Gasteiger partial charge is 0.410 e. The van der Waals surface area contributed by atoms with E-state index in [1.165, 1.54) is 0 Å². The topological polar surface area (TPSA) is 112 Å². The van der Waals surface area contributed by atoms with Crippen LogP contribution in [-0.4, -0.2) is 76.3 Å². The van der Waals surface area contributed by atoms with Crippen LogP contribution >= 0.6 is 11.6 Å². The predicted octanol–water partition coefficient (Wildman–Crippen LogP) is 5.20. The Kier molecular flexibility index (Phi) is 8.92. The maximum Gasteiger partial charge on any atom is 0.410 e. The third-order valence-corrected chi connectivity index (χ3v) is 7.95. The lowest BCUT2D eigenvalue weighted by Gasteiger charge is -2.36. The van der Waals surface area contributed by atoms with Gasteiger partial charge in [0.1, 0.15) is 11.4 Å².